The molecule has 0 spiro atoms. The van der Waals surface area contributed by atoms with Gasteiger partial charge in [0, 0.05) is 19.2 Å². The van der Waals surface area contributed by atoms with Crippen molar-refractivity contribution < 1.29 is 19.1 Å². The number of hydrogen-bond acceptors (Lipinski definition) is 4. The number of esters is 1. The molecule has 142 valence electrons. The molecule has 0 unspecified atom stereocenters. The highest BCUT2D eigenvalue weighted by atomic mass is 16.5. The molecule has 2 rings (SSSR count). The van der Waals surface area contributed by atoms with Crippen LogP contribution in [0.25, 0.3) is 0 Å². The molecule has 2 aromatic carbocycles. The van der Waals surface area contributed by atoms with Crippen LogP contribution in [0.5, 0.6) is 0 Å². The minimum atomic E-state index is -0.560. The Morgan fingerprint density at radius 3 is 2.30 bits per heavy atom. The molecule has 27 heavy (non-hydrogen) atoms. The van der Waals surface area contributed by atoms with Gasteiger partial charge in [0.1, 0.15) is 6.54 Å². The molecule has 2 aromatic rings. The summed E-state index contributed by atoms with van der Waals surface area (Å²) < 4.78 is 4.79. The zero-order chi connectivity index (χ0) is 20.0. The van der Waals surface area contributed by atoms with E-state index in [4.69, 9.17) is 4.74 Å². The van der Waals surface area contributed by atoms with Gasteiger partial charge in [-0.05, 0) is 43.7 Å². The molecule has 0 saturated heterocycles. The summed E-state index contributed by atoms with van der Waals surface area (Å²) in [6, 6.07) is 14.2. The topological polar surface area (TPSA) is 66.9 Å². The first kappa shape index (κ1) is 20.2. The summed E-state index contributed by atoms with van der Waals surface area (Å²) in [5, 5.41) is 0. The highest BCUT2D eigenvalue weighted by molar-refractivity contribution is 6.06. The van der Waals surface area contributed by atoms with Crippen LogP contribution in [0.1, 0.15) is 29.8 Å². The van der Waals surface area contributed by atoms with Crippen molar-refractivity contribution in [2.45, 2.75) is 20.8 Å². The van der Waals surface area contributed by atoms with Crippen LogP contribution in [0.4, 0.5) is 11.4 Å². The van der Waals surface area contributed by atoms with Crippen molar-refractivity contribution in [2.24, 2.45) is 0 Å². The van der Waals surface area contributed by atoms with Crippen LogP contribution in [0.15, 0.2) is 48.5 Å². The van der Waals surface area contributed by atoms with E-state index >= 15 is 0 Å². The van der Waals surface area contributed by atoms with E-state index in [1.807, 2.05) is 38.1 Å². The third-order valence-corrected chi connectivity index (χ3v) is 4.20. The fraction of sp³-hybridized carbons (Fsp3) is 0.286. The van der Waals surface area contributed by atoms with E-state index in [0.29, 0.717) is 12.2 Å². The van der Waals surface area contributed by atoms with Crippen LogP contribution in [0.2, 0.25) is 0 Å². The Kier molecular flexibility index (Phi) is 6.71. The molecule has 0 N–H and O–H groups in total. The highest BCUT2D eigenvalue weighted by Gasteiger charge is 2.24. The van der Waals surface area contributed by atoms with E-state index in [1.54, 1.807) is 29.2 Å². The van der Waals surface area contributed by atoms with Crippen molar-refractivity contribution in [3.05, 3.63) is 59.7 Å². The van der Waals surface area contributed by atoms with Crippen molar-refractivity contribution >= 4 is 29.2 Å². The summed E-state index contributed by atoms with van der Waals surface area (Å²) in [5.41, 5.74) is 2.40. The molecule has 2 amide bonds. The van der Waals surface area contributed by atoms with Gasteiger partial charge in [-0.3, -0.25) is 9.59 Å². The second-order valence-electron chi connectivity index (χ2n) is 6.09. The molecule has 6 nitrogen and oxygen atoms in total. The zero-order valence-corrected chi connectivity index (χ0v) is 16.1. The lowest BCUT2D eigenvalue weighted by Gasteiger charge is -2.27. The molecule has 0 aliphatic heterocycles. The number of hydrogen-bond donors (Lipinski definition) is 0. The Morgan fingerprint density at radius 2 is 1.70 bits per heavy atom. The molecule has 0 radical (unpaired) electrons. The smallest absolute Gasteiger partial charge is 0.339 e. The van der Waals surface area contributed by atoms with Crippen LogP contribution in [-0.2, 0) is 14.3 Å². The molecule has 0 saturated carbocycles. The van der Waals surface area contributed by atoms with Crippen molar-refractivity contribution in [3.63, 3.8) is 0 Å². The van der Waals surface area contributed by atoms with Crippen molar-refractivity contribution in [2.75, 3.05) is 30.0 Å². The summed E-state index contributed by atoms with van der Waals surface area (Å²) in [4.78, 5) is 40.1. The number of amides is 2. The number of carbonyl (C=O) groups is 3. The average molecular weight is 368 g/mol. The summed E-state index contributed by atoms with van der Waals surface area (Å²) in [5.74, 6) is -1.13. The number of likely N-dealkylation sites (N-methyl/N-ethyl adjacent to an activating group) is 1. The normalized spacial score (nSPS) is 10.2. The number of aryl methyl sites for hydroxylation is 1. The van der Waals surface area contributed by atoms with E-state index in [9.17, 15) is 14.4 Å². The van der Waals surface area contributed by atoms with Gasteiger partial charge < -0.3 is 14.5 Å². The van der Waals surface area contributed by atoms with Crippen LogP contribution >= 0.6 is 0 Å². The molecular formula is C21H24N2O4. The van der Waals surface area contributed by atoms with Gasteiger partial charge in [0.05, 0.1) is 18.4 Å². The predicted octanol–water partition coefficient (Wildman–Crippen LogP) is 3.19. The minimum absolute atomic E-state index is 0.175. The standard InChI is InChI=1S/C21H24N2O4/c1-5-22(17-10-8-9-15(2)13-17)20(25)14-23(16(3)24)19-12-7-6-11-18(19)21(26)27-4/h6-13H,5,14H2,1-4H3. The van der Waals surface area contributed by atoms with Gasteiger partial charge in [0.15, 0.2) is 0 Å². The first-order valence-corrected chi connectivity index (χ1v) is 8.71. The first-order chi connectivity index (χ1) is 12.9. The Morgan fingerprint density at radius 1 is 1.00 bits per heavy atom. The van der Waals surface area contributed by atoms with Crippen molar-refractivity contribution in [1.82, 2.24) is 0 Å². The number of methoxy groups -OCH3 is 1. The maximum absolute atomic E-state index is 12.9. The SMILES string of the molecule is CCN(C(=O)CN(C(C)=O)c1ccccc1C(=O)OC)c1cccc(C)c1. The third-order valence-electron chi connectivity index (χ3n) is 4.20. The van der Waals surface area contributed by atoms with Gasteiger partial charge in [0.25, 0.3) is 0 Å². The molecule has 0 aromatic heterocycles. The summed E-state index contributed by atoms with van der Waals surface area (Å²) >= 11 is 0. The molecule has 0 aliphatic carbocycles. The van der Waals surface area contributed by atoms with Gasteiger partial charge in [-0.25, -0.2) is 4.79 Å². The number of carbonyl (C=O) groups excluding carboxylic acids is 3. The van der Waals surface area contributed by atoms with E-state index in [2.05, 4.69) is 0 Å². The summed E-state index contributed by atoms with van der Waals surface area (Å²) in [6.07, 6.45) is 0. The molecule has 0 heterocycles. The number of ether oxygens (including phenoxy) is 1. The second-order valence-corrected chi connectivity index (χ2v) is 6.09. The Hall–Kier alpha value is -3.15. The zero-order valence-electron chi connectivity index (χ0n) is 16.1. The van der Waals surface area contributed by atoms with Gasteiger partial charge in [-0.15, -0.1) is 0 Å². The number of anilines is 2. The fourth-order valence-corrected chi connectivity index (χ4v) is 2.88. The monoisotopic (exact) mass is 368 g/mol. The number of rotatable bonds is 6. The predicted molar refractivity (Wildman–Crippen MR) is 105 cm³/mol. The molecule has 0 atom stereocenters. The lowest BCUT2D eigenvalue weighted by molar-refractivity contribution is -0.121. The van der Waals surface area contributed by atoms with Gasteiger partial charge in [-0.2, -0.15) is 0 Å². The lowest BCUT2D eigenvalue weighted by Crippen LogP contribution is -2.43. The Bertz CT molecular complexity index is 848. The molecule has 0 aliphatic rings. The number of nitrogens with zero attached hydrogens (tertiary/aromatic N) is 2. The second kappa shape index (κ2) is 8.98. The van der Waals surface area contributed by atoms with Crippen molar-refractivity contribution in [3.8, 4) is 0 Å². The van der Waals surface area contributed by atoms with Crippen molar-refractivity contribution in [1.29, 1.82) is 0 Å². The molecule has 0 bridgehead atoms. The van der Waals surface area contributed by atoms with Crippen LogP contribution in [0.3, 0.4) is 0 Å². The number of para-hydroxylation sites is 1. The fourth-order valence-electron chi connectivity index (χ4n) is 2.88. The first-order valence-electron chi connectivity index (χ1n) is 8.71. The van der Waals surface area contributed by atoms with Crippen LogP contribution in [0, 0.1) is 6.92 Å². The maximum atomic E-state index is 12.9. The quantitative estimate of drug-likeness (QED) is 0.735. The largest absolute Gasteiger partial charge is 0.465 e. The Balaban J connectivity index is 2.35. The van der Waals surface area contributed by atoms with Crippen LogP contribution in [-0.4, -0.2) is 38.0 Å². The van der Waals surface area contributed by atoms with E-state index in [1.165, 1.54) is 18.9 Å². The molecular weight excluding hydrogens is 344 g/mol. The minimum Gasteiger partial charge on any atom is -0.465 e. The third kappa shape index (κ3) is 4.73. The van der Waals surface area contributed by atoms with Gasteiger partial charge in [-0.1, -0.05) is 24.3 Å². The Labute approximate surface area is 159 Å². The molecule has 0 fully saturated rings. The number of benzene rings is 2. The average Bonchev–Trinajstić information content (AvgIpc) is 2.66. The van der Waals surface area contributed by atoms with E-state index in [-0.39, 0.29) is 23.9 Å². The maximum Gasteiger partial charge on any atom is 0.339 e. The van der Waals surface area contributed by atoms with Gasteiger partial charge >= 0.3 is 5.97 Å². The lowest BCUT2D eigenvalue weighted by atomic mass is 10.1. The van der Waals surface area contributed by atoms with E-state index < -0.39 is 5.97 Å². The summed E-state index contributed by atoms with van der Waals surface area (Å²) in [7, 11) is 1.28. The highest BCUT2D eigenvalue weighted by Crippen LogP contribution is 2.23. The van der Waals surface area contributed by atoms with E-state index in [0.717, 1.165) is 11.3 Å². The molecule has 6 heteroatoms. The van der Waals surface area contributed by atoms with Crippen LogP contribution < -0.4 is 9.80 Å². The van der Waals surface area contributed by atoms with Gasteiger partial charge in [0.2, 0.25) is 11.8 Å². The summed E-state index contributed by atoms with van der Waals surface area (Å²) in [6.45, 7) is 5.49.